The van der Waals surface area contributed by atoms with E-state index < -0.39 is 22.8 Å². The fourth-order valence-electron chi connectivity index (χ4n) is 0. The number of hydrogen-bond donors (Lipinski definition) is 0. The topological polar surface area (TPSA) is 40.1 Å². The molecule has 0 aliphatic carbocycles. The van der Waals surface area contributed by atoms with Crippen LogP contribution in [0.25, 0.3) is 0 Å². The van der Waals surface area contributed by atoms with Crippen LogP contribution in [0.2, 0.25) is 0 Å². The maximum absolute atomic E-state index is 10.1. The van der Waals surface area contributed by atoms with Gasteiger partial charge in [0, 0.05) is 0 Å². The minimum absolute atomic E-state index is 0. The van der Waals surface area contributed by atoms with E-state index in [-0.39, 0.29) is 29.6 Å². The van der Waals surface area contributed by atoms with E-state index in [0.717, 1.165) is 0 Å². The van der Waals surface area contributed by atoms with Crippen LogP contribution in [0.4, 0.5) is 2.63 Å². The molecule has 5 heteroatoms. The van der Waals surface area contributed by atoms with E-state index in [1.165, 1.54) is 0 Å². The van der Waals surface area contributed by atoms with E-state index in [9.17, 15) is 2.63 Å². The van der Waals surface area contributed by atoms with Crippen molar-refractivity contribution in [3.05, 3.63) is 0 Å². The third kappa shape index (κ3) is 28.8. The quantitative estimate of drug-likeness (QED) is 0.344. The van der Waals surface area contributed by atoms with E-state index in [4.69, 9.17) is 6.00 Å². The van der Waals surface area contributed by atoms with Gasteiger partial charge in [-0.15, -0.1) is 0 Å². The summed E-state index contributed by atoms with van der Waals surface area (Å²) < 4.78 is 27.1. The molecule has 0 unspecified atom stereocenters. The molecule has 0 spiro atoms. The summed E-state index contributed by atoms with van der Waals surface area (Å²) in [5.41, 5.74) is 0. The predicted molar refractivity (Wildman–Crippen MR) is 1.79 cm³/mol. The zero-order chi connectivity index (χ0) is 3.58. The van der Waals surface area contributed by atoms with Crippen molar-refractivity contribution in [3.8, 4) is 0 Å². The van der Waals surface area contributed by atoms with Gasteiger partial charge < -0.3 is 0 Å². The first-order valence-corrected chi connectivity index (χ1v) is 3.53. The molecule has 0 saturated carbocycles. The molecular formula is FNaO2Zr. The fraction of sp³-hybridized carbons (Fsp3) is 0. The van der Waals surface area contributed by atoms with Gasteiger partial charge in [-0.3, -0.25) is 0 Å². The molecule has 0 atom stereocenters. The van der Waals surface area contributed by atoms with Crippen LogP contribution in [0.5, 0.6) is 0 Å². The molecule has 0 fully saturated rings. The average Bonchev–Trinajstić information content (AvgIpc) is 0.811. The van der Waals surface area contributed by atoms with Crippen molar-refractivity contribution >= 4 is 0 Å². The van der Waals surface area contributed by atoms with Gasteiger partial charge in [-0.2, -0.15) is 0 Å². The summed E-state index contributed by atoms with van der Waals surface area (Å²) in [6.45, 7) is 0. The van der Waals surface area contributed by atoms with Crippen molar-refractivity contribution < 1.29 is 61.0 Å². The summed E-state index contributed by atoms with van der Waals surface area (Å²) in [6.07, 6.45) is 0. The maximum atomic E-state index is 10.1. The summed E-state index contributed by atoms with van der Waals surface area (Å²) in [4.78, 5) is 0. The van der Waals surface area contributed by atoms with Gasteiger partial charge in [-0.1, -0.05) is 0 Å². The van der Waals surface area contributed by atoms with Crippen LogP contribution >= 0.6 is 0 Å². The third-order valence-electron chi connectivity index (χ3n) is 0. The van der Waals surface area contributed by atoms with Crippen LogP contribution in [-0.2, 0) is 25.6 Å². The Morgan fingerprint density at radius 1 is 1.80 bits per heavy atom. The summed E-state index contributed by atoms with van der Waals surface area (Å²) in [6, 6.07) is 0. The van der Waals surface area contributed by atoms with E-state index in [2.05, 4.69) is 0 Å². The van der Waals surface area contributed by atoms with Crippen molar-refractivity contribution in [2.24, 2.45) is 0 Å². The molecule has 0 heterocycles. The number of rotatable bonds is 0. The molecule has 24 valence electrons. The summed E-state index contributed by atoms with van der Waals surface area (Å²) >= 11 is -4.54. The Morgan fingerprint density at radius 2 is 1.80 bits per heavy atom. The zero-order valence-corrected chi connectivity index (χ0v) is 7.15. The molecule has 0 aromatic rings. The predicted octanol–water partition coefficient (Wildman–Crippen LogP) is -3.89. The number of halogens is 1. The van der Waals surface area contributed by atoms with Gasteiger partial charge in [0.2, 0.25) is 0 Å². The zero-order valence-electron chi connectivity index (χ0n) is 2.69. The van der Waals surface area contributed by atoms with Crippen LogP contribution in [0.3, 0.4) is 0 Å². The normalized spacial score (nSPS) is 5.20. The molecule has 0 aromatic carbocycles. The standard InChI is InChI=1S/FH.Na.2O.Zr/h1H;;;;/q;+1;;-1;+1/p-1. The molecule has 0 rings (SSSR count). The Bertz CT molecular complexity index is 32.6. The summed E-state index contributed by atoms with van der Waals surface area (Å²) in [5.74, 6) is 0. The van der Waals surface area contributed by atoms with E-state index in [1.54, 1.807) is 0 Å². The molecule has 2 nitrogen and oxygen atoms in total. The van der Waals surface area contributed by atoms with Gasteiger partial charge in [0.05, 0.1) is 0 Å². The molecule has 5 heavy (non-hydrogen) atoms. The van der Waals surface area contributed by atoms with Crippen LogP contribution in [-0.4, -0.2) is 0 Å². The van der Waals surface area contributed by atoms with Gasteiger partial charge in [0.1, 0.15) is 0 Å². The van der Waals surface area contributed by atoms with Crippen LogP contribution in [0.1, 0.15) is 0 Å². The van der Waals surface area contributed by atoms with E-state index in [0.29, 0.717) is 0 Å². The molecule has 0 N–H and O–H groups in total. The van der Waals surface area contributed by atoms with Gasteiger partial charge in [0.15, 0.2) is 0 Å². The van der Waals surface area contributed by atoms with Crippen molar-refractivity contribution in [1.29, 1.82) is 0 Å². The second-order valence-electron chi connectivity index (χ2n) is 0.238. The third-order valence-corrected chi connectivity index (χ3v) is 0. The first-order valence-electron chi connectivity index (χ1n) is 0.597. The molecule has 0 saturated heterocycles. The van der Waals surface area contributed by atoms with Crippen LogP contribution < -0.4 is 32.7 Å². The van der Waals surface area contributed by atoms with Crippen LogP contribution in [0.15, 0.2) is 0 Å². The van der Waals surface area contributed by atoms with Gasteiger partial charge in [0.25, 0.3) is 0 Å². The van der Waals surface area contributed by atoms with Crippen LogP contribution in [0, 0.1) is 0 Å². The summed E-state index contributed by atoms with van der Waals surface area (Å²) in [5, 5.41) is 0. The van der Waals surface area contributed by atoms with E-state index in [1.807, 2.05) is 0 Å². The number of hydrogen-bond acceptors (Lipinski definition) is 2. The molecule has 0 radical (unpaired) electrons. The Labute approximate surface area is 60.3 Å². The molecule has 0 amide bonds. The van der Waals surface area contributed by atoms with Crippen molar-refractivity contribution in [1.82, 2.24) is 0 Å². The Kier molecular flexibility index (Phi) is 10.9. The Hall–Kier alpha value is 1.57. The molecule has 0 aliphatic heterocycles. The molecule has 0 bridgehead atoms. The second kappa shape index (κ2) is 5.57. The minimum atomic E-state index is -4.54. The first-order chi connectivity index (χ1) is 1.73. The van der Waals surface area contributed by atoms with Crippen molar-refractivity contribution in [3.63, 3.8) is 0 Å². The monoisotopic (exact) mass is 164 g/mol. The van der Waals surface area contributed by atoms with E-state index >= 15 is 0 Å². The van der Waals surface area contributed by atoms with Gasteiger partial charge in [-0.25, -0.2) is 0 Å². The first kappa shape index (κ1) is 9.76. The Balaban J connectivity index is 0. The average molecular weight is 165 g/mol. The molecule has 0 aliphatic rings. The second-order valence-corrected chi connectivity index (χ2v) is 1.41. The van der Waals surface area contributed by atoms with Gasteiger partial charge >= 0.3 is 61.0 Å². The van der Waals surface area contributed by atoms with Crippen molar-refractivity contribution in [2.45, 2.75) is 0 Å². The Morgan fingerprint density at radius 3 is 1.80 bits per heavy atom. The van der Waals surface area contributed by atoms with Crippen molar-refractivity contribution in [2.75, 3.05) is 0 Å². The SMILES string of the molecule is [Na+].[O]=[Zr]([O-])[F]. The molecule has 0 aromatic heterocycles. The molecular weight excluding hydrogens is 165 g/mol. The fourth-order valence-corrected chi connectivity index (χ4v) is 0. The van der Waals surface area contributed by atoms with Gasteiger partial charge in [-0.05, 0) is 0 Å². The summed E-state index contributed by atoms with van der Waals surface area (Å²) in [7, 11) is 0.